The van der Waals surface area contributed by atoms with Gasteiger partial charge in [-0.25, -0.2) is 18.1 Å². The Balaban J connectivity index is 1.31. The van der Waals surface area contributed by atoms with Crippen molar-refractivity contribution in [3.05, 3.63) is 59.2 Å². The predicted octanol–water partition coefficient (Wildman–Crippen LogP) is 4.90. The van der Waals surface area contributed by atoms with Gasteiger partial charge < -0.3 is 15.5 Å². The standard InChI is InChI=1S/C27H34ClN7O2S/c1-17-11-19(9-10-24(17)35-16-20-13-21(35)15-34(20)5)31-26-29-14-23(28)25(32-26)30-18-7-6-8-22(12-18)38(36,37)33-27(2,3)4/h6-12,14,20-21,33H,13,15-16H2,1-5H3,(H2,29,30,31,32)/t20-,21-/m0/s1. The number of hydrogen-bond donors (Lipinski definition) is 3. The Morgan fingerprint density at radius 3 is 2.45 bits per heavy atom. The van der Waals surface area contributed by atoms with Crippen molar-refractivity contribution in [2.75, 3.05) is 35.7 Å². The van der Waals surface area contributed by atoms with Gasteiger partial charge in [0, 0.05) is 47.8 Å². The highest BCUT2D eigenvalue weighted by molar-refractivity contribution is 7.89. The van der Waals surface area contributed by atoms with Crippen LogP contribution in [-0.2, 0) is 10.0 Å². The summed E-state index contributed by atoms with van der Waals surface area (Å²) in [6.45, 7) is 9.70. The molecule has 1 aromatic heterocycles. The summed E-state index contributed by atoms with van der Waals surface area (Å²) >= 11 is 6.37. The first-order valence-corrected chi connectivity index (χ1v) is 14.5. The van der Waals surface area contributed by atoms with Gasteiger partial charge in [-0.05, 0) is 83.1 Å². The zero-order valence-electron chi connectivity index (χ0n) is 22.3. The average molecular weight is 556 g/mol. The zero-order valence-corrected chi connectivity index (χ0v) is 23.9. The molecule has 11 heteroatoms. The van der Waals surface area contributed by atoms with Crippen molar-refractivity contribution in [1.29, 1.82) is 0 Å². The number of likely N-dealkylation sites (N-methyl/N-ethyl adjacent to an activating group) is 1. The number of aromatic nitrogens is 2. The lowest BCUT2D eigenvalue weighted by Crippen LogP contribution is -2.44. The van der Waals surface area contributed by atoms with E-state index in [0.29, 0.717) is 34.6 Å². The van der Waals surface area contributed by atoms with Crippen LogP contribution in [0.5, 0.6) is 0 Å². The number of benzene rings is 2. The molecule has 2 fully saturated rings. The van der Waals surface area contributed by atoms with Crippen LogP contribution in [0, 0.1) is 6.92 Å². The lowest BCUT2D eigenvalue weighted by molar-refractivity contribution is 0.292. The molecule has 5 rings (SSSR count). The van der Waals surface area contributed by atoms with Crippen molar-refractivity contribution in [2.45, 2.75) is 56.6 Å². The van der Waals surface area contributed by atoms with Crippen molar-refractivity contribution in [1.82, 2.24) is 19.6 Å². The molecule has 2 saturated heterocycles. The molecule has 0 saturated carbocycles. The molecule has 9 nitrogen and oxygen atoms in total. The predicted molar refractivity (Wildman–Crippen MR) is 153 cm³/mol. The van der Waals surface area contributed by atoms with E-state index in [9.17, 15) is 8.42 Å². The molecular formula is C27H34ClN7O2S. The smallest absolute Gasteiger partial charge is 0.241 e. The fourth-order valence-electron chi connectivity index (χ4n) is 5.20. The van der Waals surface area contributed by atoms with Gasteiger partial charge in [0.1, 0.15) is 5.02 Å². The second-order valence-corrected chi connectivity index (χ2v) is 13.2. The van der Waals surface area contributed by atoms with Gasteiger partial charge in [-0.3, -0.25) is 4.90 Å². The Labute approximate surface area is 229 Å². The van der Waals surface area contributed by atoms with Crippen molar-refractivity contribution < 1.29 is 8.42 Å². The first kappa shape index (κ1) is 26.7. The number of hydrogen-bond acceptors (Lipinski definition) is 8. The van der Waals surface area contributed by atoms with Crippen LogP contribution in [0.1, 0.15) is 32.8 Å². The van der Waals surface area contributed by atoms with Crippen LogP contribution in [0.25, 0.3) is 0 Å². The summed E-state index contributed by atoms with van der Waals surface area (Å²) in [6.07, 6.45) is 2.74. The maximum Gasteiger partial charge on any atom is 0.241 e. The average Bonchev–Trinajstić information content (AvgIpc) is 3.40. The van der Waals surface area contributed by atoms with Gasteiger partial charge >= 0.3 is 0 Å². The molecule has 2 bridgehead atoms. The highest BCUT2D eigenvalue weighted by Gasteiger charge is 2.41. The topological polar surface area (TPSA) is 102 Å². The zero-order chi connectivity index (χ0) is 27.2. The summed E-state index contributed by atoms with van der Waals surface area (Å²) in [5.74, 6) is 0.747. The quantitative estimate of drug-likeness (QED) is 0.378. The van der Waals surface area contributed by atoms with Crippen molar-refractivity contribution in [3.8, 4) is 0 Å². The van der Waals surface area contributed by atoms with E-state index in [4.69, 9.17) is 11.6 Å². The van der Waals surface area contributed by atoms with Gasteiger partial charge in [0.15, 0.2) is 5.82 Å². The molecule has 0 radical (unpaired) electrons. The lowest BCUT2D eigenvalue weighted by atomic mass is 10.1. The summed E-state index contributed by atoms with van der Waals surface area (Å²) in [4.78, 5) is 14.0. The van der Waals surface area contributed by atoms with Crippen LogP contribution in [0.2, 0.25) is 5.02 Å². The second-order valence-electron chi connectivity index (χ2n) is 11.2. The summed E-state index contributed by atoms with van der Waals surface area (Å²) in [7, 11) is -1.48. The number of fused-ring (bicyclic) bond motifs is 2. The minimum absolute atomic E-state index is 0.148. The van der Waals surface area contributed by atoms with Gasteiger partial charge in [0.2, 0.25) is 16.0 Å². The molecule has 3 aromatic rings. The van der Waals surface area contributed by atoms with E-state index < -0.39 is 15.6 Å². The summed E-state index contributed by atoms with van der Waals surface area (Å²) in [5, 5.41) is 6.71. The molecule has 0 unspecified atom stereocenters. The molecule has 2 aliphatic rings. The lowest BCUT2D eigenvalue weighted by Gasteiger charge is -2.34. The molecule has 202 valence electrons. The molecule has 0 spiro atoms. The highest BCUT2D eigenvalue weighted by Crippen LogP contribution is 2.36. The maximum absolute atomic E-state index is 12.8. The third-order valence-electron chi connectivity index (χ3n) is 6.87. The molecular weight excluding hydrogens is 522 g/mol. The fourth-order valence-corrected chi connectivity index (χ4v) is 6.80. The van der Waals surface area contributed by atoms with Crippen molar-refractivity contribution in [2.24, 2.45) is 0 Å². The van der Waals surface area contributed by atoms with Gasteiger partial charge in [-0.15, -0.1) is 0 Å². The number of nitrogens with one attached hydrogen (secondary N) is 3. The highest BCUT2D eigenvalue weighted by atomic mass is 35.5. The van der Waals surface area contributed by atoms with Crippen LogP contribution in [0.3, 0.4) is 0 Å². The largest absolute Gasteiger partial charge is 0.365 e. The molecule has 0 amide bonds. The van der Waals surface area contributed by atoms with E-state index in [1.165, 1.54) is 23.9 Å². The molecule has 3 N–H and O–H groups in total. The normalized spacial score (nSPS) is 19.7. The first-order chi connectivity index (χ1) is 17.9. The third-order valence-corrected chi connectivity index (χ3v) is 8.90. The number of anilines is 5. The van der Waals surface area contributed by atoms with Crippen molar-refractivity contribution >= 4 is 50.5 Å². The Hall–Kier alpha value is -2.92. The maximum atomic E-state index is 12.8. The Bertz CT molecular complexity index is 1460. The van der Waals surface area contributed by atoms with Crippen LogP contribution >= 0.6 is 11.6 Å². The van der Waals surface area contributed by atoms with E-state index in [1.54, 1.807) is 45.0 Å². The molecule has 2 aromatic carbocycles. The van der Waals surface area contributed by atoms with Gasteiger partial charge in [-0.2, -0.15) is 4.98 Å². The number of aryl methyl sites for hydroxylation is 1. The molecule has 2 aliphatic heterocycles. The minimum Gasteiger partial charge on any atom is -0.365 e. The Morgan fingerprint density at radius 1 is 1.03 bits per heavy atom. The van der Waals surface area contributed by atoms with E-state index in [2.05, 4.69) is 61.2 Å². The van der Waals surface area contributed by atoms with Gasteiger partial charge in [0.25, 0.3) is 0 Å². The van der Waals surface area contributed by atoms with Crippen LogP contribution in [0.4, 0.5) is 28.8 Å². The Morgan fingerprint density at radius 2 is 1.79 bits per heavy atom. The number of likely N-dealkylation sites (tertiary alicyclic amines) is 1. The van der Waals surface area contributed by atoms with E-state index in [1.807, 2.05) is 6.07 Å². The Kier molecular flexibility index (Phi) is 7.02. The van der Waals surface area contributed by atoms with Crippen LogP contribution < -0.4 is 20.3 Å². The number of halogens is 1. The molecule has 2 atom stereocenters. The first-order valence-electron chi connectivity index (χ1n) is 12.7. The van der Waals surface area contributed by atoms with Gasteiger partial charge in [-0.1, -0.05) is 17.7 Å². The number of rotatable bonds is 7. The minimum atomic E-state index is -3.69. The molecule has 3 heterocycles. The third kappa shape index (κ3) is 5.73. The second kappa shape index (κ2) is 10.00. The number of nitrogens with zero attached hydrogens (tertiary/aromatic N) is 4. The monoisotopic (exact) mass is 555 g/mol. The SMILES string of the molecule is Cc1cc(Nc2ncc(Cl)c(Nc3cccc(S(=O)(=O)NC(C)(C)C)c3)n2)ccc1N1C[C@@H]2C[C@H]1CN2C. The molecule has 38 heavy (non-hydrogen) atoms. The summed E-state index contributed by atoms with van der Waals surface area (Å²) in [5.41, 5.74) is 3.28. The van der Waals surface area contributed by atoms with Crippen molar-refractivity contribution in [3.63, 3.8) is 0 Å². The van der Waals surface area contributed by atoms with E-state index in [-0.39, 0.29) is 4.90 Å². The number of piperazine rings is 1. The summed E-state index contributed by atoms with van der Waals surface area (Å²) in [6, 6.07) is 14.0. The van der Waals surface area contributed by atoms with Crippen LogP contribution in [0.15, 0.2) is 53.6 Å². The van der Waals surface area contributed by atoms with E-state index >= 15 is 0 Å². The van der Waals surface area contributed by atoms with Gasteiger partial charge in [0.05, 0.1) is 11.1 Å². The summed E-state index contributed by atoms with van der Waals surface area (Å²) < 4.78 is 28.2. The van der Waals surface area contributed by atoms with Crippen LogP contribution in [-0.4, -0.2) is 61.0 Å². The van der Waals surface area contributed by atoms with E-state index in [0.717, 1.165) is 18.8 Å². The number of sulfonamides is 1. The fraction of sp³-hybridized carbons (Fsp3) is 0.407. The molecule has 0 aliphatic carbocycles.